The van der Waals surface area contributed by atoms with E-state index in [1.54, 1.807) is 0 Å². The Morgan fingerprint density at radius 2 is 1.86 bits per heavy atom. The minimum atomic E-state index is -2.64. The molecule has 0 bridgehead atoms. The molecule has 2 saturated carbocycles. The largest absolute Gasteiger partial charge is 0.507 e. The maximum atomic E-state index is 13.8. The van der Waals surface area contributed by atoms with Crippen LogP contribution in [0.5, 0.6) is 5.75 Å². The van der Waals surface area contributed by atoms with Crippen LogP contribution < -0.4 is 16.0 Å². The number of carbonyl (C=O) groups is 5. The van der Waals surface area contributed by atoms with E-state index in [0.717, 1.165) is 5.69 Å². The molecule has 1 amide bonds. The summed E-state index contributed by atoms with van der Waals surface area (Å²) in [7, 11) is 3.64. The number of aromatic hydroxyl groups is 1. The van der Waals surface area contributed by atoms with E-state index in [2.05, 4.69) is 5.32 Å². The molecule has 36 heavy (non-hydrogen) atoms. The number of amides is 1. The van der Waals surface area contributed by atoms with Crippen LogP contribution in [-0.4, -0.2) is 65.5 Å². The van der Waals surface area contributed by atoms with Crippen LogP contribution in [0.2, 0.25) is 0 Å². The molecule has 10 nitrogen and oxygen atoms in total. The fourth-order valence-electron chi connectivity index (χ4n) is 6.10. The van der Waals surface area contributed by atoms with Crippen LogP contribution in [-0.2, 0) is 32.1 Å². The van der Waals surface area contributed by atoms with Gasteiger partial charge in [-0.3, -0.25) is 24.0 Å². The Hall–Kier alpha value is -3.11. The molecule has 194 valence electrons. The molecule has 0 saturated heterocycles. The van der Waals surface area contributed by atoms with Gasteiger partial charge in [0.2, 0.25) is 5.91 Å². The van der Waals surface area contributed by atoms with Crippen molar-refractivity contribution in [2.24, 2.45) is 35.3 Å². The Morgan fingerprint density at radius 3 is 2.44 bits per heavy atom. The van der Waals surface area contributed by atoms with E-state index in [1.807, 2.05) is 38.9 Å². The highest BCUT2D eigenvalue weighted by Crippen LogP contribution is 2.51. The first kappa shape index (κ1) is 26.0. The van der Waals surface area contributed by atoms with E-state index >= 15 is 0 Å². The molecule has 0 radical (unpaired) electrons. The number of primary amides is 1. The number of hydrogen-bond acceptors (Lipinski definition) is 9. The number of hydrogen-bond donors (Lipinski definition) is 4. The van der Waals surface area contributed by atoms with Gasteiger partial charge in [0.1, 0.15) is 5.75 Å². The number of fused-ring (bicyclic) bond motifs is 3. The van der Waals surface area contributed by atoms with Gasteiger partial charge in [-0.1, -0.05) is 13.8 Å². The first-order chi connectivity index (χ1) is 16.8. The standard InChI is InChI=1S/C26H33N3O7/c1-11(2)9-28-10-13-7-16(29(3)4)15-6-12-5-14-8-17(30)20(25(27)35)24(34)26(14,36)23(33)18(12)22(32)19(15)21(13)31/h7,11-12,14,18,20,28,31,36H,5-6,8-10H2,1-4H3,(H2,27,35)/t12-,14+,18?,20?,26+/m1/s1. The Balaban J connectivity index is 1.78. The lowest BCUT2D eigenvalue weighted by molar-refractivity contribution is -0.175. The summed E-state index contributed by atoms with van der Waals surface area (Å²) in [4.78, 5) is 66.5. The van der Waals surface area contributed by atoms with Crippen molar-refractivity contribution >= 4 is 34.7 Å². The number of carbonyl (C=O) groups excluding carboxylic acids is 5. The van der Waals surface area contributed by atoms with Gasteiger partial charge in [0, 0.05) is 44.2 Å². The number of phenolic OH excluding ortho intramolecular Hbond substituents is 1. The second-order valence-corrected chi connectivity index (χ2v) is 10.9. The molecule has 0 aliphatic heterocycles. The molecule has 3 aliphatic carbocycles. The zero-order valence-corrected chi connectivity index (χ0v) is 21.0. The number of rotatable bonds is 6. The molecule has 5 N–H and O–H groups in total. The smallest absolute Gasteiger partial charge is 0.235 e. The third-order valence-electron chi connectivity index (χ3n) is 7.81. The van der Waals surface area contributed by atoms with E-state index in [0.29, 0.717) is 30.1 Å². The molecule has 1 aromatic rings. The van der Waals surface area contributed by atoms with Crippen LogP contribution in [0.15, 0.2) is 6.07 Å². The van der Waals surface area contributed by atoms with Gasteiger partial charge in [-0.15, -0.1) is 0 Å². The highest BCUT2D eigenvalue weighted by atomic mass is 16.3. The van der Waals surface area contributed by atoms with Crippen molar-refractivity contribution in [2.45, 2.75) is 45.3 Å². The van der Waals surface area contributed by atoms with Crippen molar-refractivity contribution in [2.75, 3.05) is 25.5 Å². The van der Waals surface area contributed by atoms with Crippen molar-refractivity contribution in [3.63, 3.8) is 0 Å². The van der Waals surface area contributed by atoms with Crippen LogP contribution >= 0.6 is 0 Å². The number of benzene rings is 1. The Kier molecular flexibility index (Phi) is 6.55. The molecule has 0 aromatic heterocycles. The Morgan fingerprint density at radius 1 is 1.19 bits per heavy atom. The molecule has 4 rings (SSSR count). The molecule has 1 aromatic carbocycles. The number of nitrogens with one attached hydrogen (secondary N) is 1. The average Bonchev–Trinajstić information content (AvgIpc) is 2.77. The lowest BCUT2D eigenvalue weighted by Gasteiger charge is -2.48. The van der Waals surface area contributed by atoms with Gasteiger partial charge in [0.25, 0.3) is 0 Å². The summed E-state index contributed by atoms with van der Waals surface area (Å²) in [5, 5.41) is 25.7. The van der Waals surface area contributed by atoms with E-state index in [-0.39, 0.29) is 30.6 Å². The number of nitrogens with two attached hydrogens (primary N) is 1. The number of anilines is 1. The number of phenols is 1. The van der Waals surface area contributed by atoms with Crippen molar-refractivity contribution in [1.82, 2.24) is 5.32 Å². The van der Waals surface area contributed by atoms with Gasteiger partial charge in [-0.2, -0.15) is 0 Å². The average molecular weight is 500 g/mol. The lowest BCUT2D eigenvalue weighted by atomic mass is 9.53. The number of aliphatic hydroxyl groups is 1. The first-order valence-corrected chi connectivity index (χ1v) is 12.2. The van der Waals surface area contributed by atoms with Crippen LogP contribution in [0, 0.1) is 29.6 Å². The third-order valence-corrected chi connectivity index (χ3v) is 7.81. The van der Waals surface area contributed by atoms with Crippen LogP contribution in [0.3, 0.4) is 0 Å². The van der Waals surface area contributed by atoms with E-state index in [9.17, 15) is 34.2 Å². The van der Waals surface area contributed by atoms with Crippen molar-refractivity contribution in [1.29, 1.82) is 0 Å². The third kappa shape index (κ3) is 3.83. The quantitative estimate of drug-likeness (QED) is 0.398. The molecule has 0 heterocycles. The van der Waals surface area contributed by atoms with Crippen molar-refractivity contribution in [3.05, 3.63) is 22.8 Å². The molecular weight excluding hydrogens is 466 g/mol. The van der Waals surface area contributed by atoms with Gasteiger partial charge in [0.15, 0.2) is 34.7 Å². The minimum Gasteiger partial charge on any atom is -0.507 e. The van der Waals surface area contributed by atoms with Gasteiger partial charge >= 0.3 is 0 Å². The Bertz CT molecular complexity index is 1170. The van der Waals surface area contributed by atoms with Crippen LogP contribution in [0.1, 0.15) is 48.2 Å². The maximum absolute atomic E-state index is 13.8. The highest BCUT2D eigenvalue weighted by molar-refractivity contribution is 6.31. The summed E-state index contributed by atoms with van der Waals surface area (Å²) in [6, 6.07) is 1.82. The lowest BCUT2D eigenvalue weighted by Crippen LogP contribution is -2.68. The normalized spacial score (nSPS) is 29.6. The predicted octanol–water partition coefficient (Wildman–Crippen LogP) is 0.139. The van der Waals surface area contributed by atoms with Gasteiger partial charge < -0.3 is 26.2 Å². The van der Waals surface area contributed by atoms with Gasteiger partial charge in [-0.05, 0) is 42.9 Å². The molecule has 10 heteroatoms. The van der Waals surface area contributed by atoms with E-state index < -0.39 is 58.3 Å². The molecule has 2 fully saturated rings. The SMILES string of the molecule is CC(C)CNCc1cc(N(C)C)c2c(c1O)C(=O)C1C(=O)[C@]3(O)C(=O)C(C(N)=O)C(=O)C[C@@H]3C[C@@H]1C2. The first-order valence-electron chi connectivity index (χ1n) is 12.2. The zero-order valence-electron chi connectivity index (χ0n) is 21.0. The summed E-state index contributed by atoms with van der Waals surface area (Å²) < 4.78 is 0. The topological polar surface area (TPSA) is 167 Å². The van der Waals surface area contributed by atoms with E-state index in [1.165, 1.54) is 0 Å². The number of ketones is 4. The summed E-state index contributed by atoms with van der Waals surface area (Å²) in [6.07, 6.45) is -0.0169. The minimum absolute atomic E-state index is 0.0185. The summed E-state index contributed by atoms with van der Waals surface area (Å²) >= 11 is 0. The summed E-state index contributed by atoms with van der Waals surface area (Å²) in [6.45, 7) is 5.09. The molecule has 2 unspecified atom stereocenters. The van der Waals surface area contributed by atoms with Crippen LogP contribution in [0.25, 0.3) is 0 Å². The Labute approximate surface area is 209 Å². The van der Waals surface area contributed by atoms with E-state index in [4.69, 9.17) is 5.73 Å². The zero-order chi connectivity index (χ0) is 26.7. The predicted molar refractivity (Wildman–Crippen MR) is 129 cm³/mol. The van der Waals surface area contributed by atoms with Crippen LogP contribution in [0.4, 0.5) is 5.69 Å². The van der Waals surface area contributed by atoms with Crippen molar-refractivity contribution < 1.29 is 34.2 Å². The monoisotopic (exact) mass is 499 g/mol. The second-order valence-electron chi connectivity index (χ2n) is 10.9. The fourth-order valence-corrected chi connectivity index (χ4v) is 6.10. The molecule has 3 aliphatic rings. The summed E-state index contributed by atoms with van der Waals surface area (Å²) in [5.74, 6) is -9.60. The number of Topliss-reactive ketones (excluding diaryl/α,β-unsaturated/α-hetero) is 4. The fraction of sp³-hybridized carbons (Fsp3) is 0.577. The van der Waals surface area contributed by atoms with Crippen molar-refractivity contribution in [3.8, 4) is 5.75 Å². The second kappa shape index (κ2) is 9.08. The van der Waals surface area contributed by atoms with Gasteiger partial charge in [0.05, 0.1) is 11.5 Å². The molecule has 0 spiro atoms. The number of nitrogens with zero attached hydrogens (tertiary/aromatic N) is 1. The molecule has 5 atom stereocenters. The summed E-state index contributed by atoms with van der Waals surface area (Å²) in [5.41, 5.74) is 4.42. The highest BCUT2D eigenvalue weighted by Gasteiger charge is 2.66. The molecular formula is C26H33N3O7. The van der Waals surface area contributed by atoms with Gasteiger partial charge in [-0.25, -0.2) is 0 Å². The maximum Gasteiger partial charge on any atom is 0.235 e.